The van der Waals surface area contributed by atoms with E-state index in [1.807, 2.05) is 48.2 Å². The molecule has 2 heterocycles. The quantitative estimate of drug-likeness (QED) is 0.664. The van der Waals surface area contributed by atoms with Crippen LogP contribution in [-0.2, 0) is 11.3 Å². The first-order valence-electron chi connectivity index (χ1n) is 10.6. The molecule has 2 aromatic carbocycles. The SMILES string of the molecule is CCN(Cc1cccc(F)c1)C(=O)CN1CCN(C(=O)c2cc3ccccc3[nH]2)CC1. The third-order valence-electron chi connectivity index (χ3n) is 5.78. The third kappa shape index (κ3) is 4.94. The van der Waals surface area contributed by atoms with Gasteiger partial charge in [-0.1, -0.05) is 30.3 Å². The molecule has 2 amide bonds. The summed E-state index contributed by atoms with van der Waals surface area (Å²) >= 11 is 0. The van der Waals surface area contributed by atoms with E-state index in [1.165, 1.54) is 12.1 Å². The maximum atomic E-state index is 13.4. The summed E-state index contributed by atoms with van der Waals surface area (Å²) in [7, 11) is 0. The predicted octanol–water partition coefficient (Wildman–Crippen LogP) is 3.11. The summed E-state index contributed by atoms with van der Waals surface area (Å²) in [6.07, 6.45) is 0. The zero-order valence-corrected chi connectivity index (χ0v) is 17.7. The minimum atomic E-state index is -0.295. The fourth-order valence-electron chi connectivity index (χ4n) is 3.99. The second-order valence-corrected chi connectivity index (χ2v) is 7.88. The van der Waals surface area contributed by atoms with Crippen molar-refractivity contribution in [1.29, 1.82) is 0 Å². The molecule has 3 aromatic rings. The molecule has 31 heavy (non-hydrogen) atoms. The number of halogens is 1. The van der Waals surface area contributed by atoms with Gasteiger partial charge in [0.15, 0.2) is 0 Å². The second kappa shape index (κ2) is 9.31. The molecule has 0 atom stereocenters. The van der Waals surface area contributed by atoms with Crippen LogP contribution in [0.1, 0.15) is 23.0 Å². The number of carbonyl (C=O) groups excluding carboxylic acids is 2. The van der Waals surface area contributed by atoms with Crippen molar-refractivity contribution < 1.29 is 14.0 Å². The van der Waals surface area contributed by atoms with Gasteiger partial charge in [0, 0.05) is 50.2 Å². The Morgan fingerprint density at radius 2 is 1.81 bits per heavy atom. The van der Waals surface area contributed by atoms with Gasteiger partial charge in [0.25, 0.3) is 5.91 Å². The number of amides is 2. The van der Waals surface area contributed by atoms with Gasteiger partial charge in [-0.3, -0.25) is 14.5 Å². The standard InChI is InChI=1S/C24H27FN4O2/c1-2-28(16-18-6-5-8-20(25)14-18)23(30)17-27-10-12-29(13-11-27)24(31)22-15-19-7-3-4-9-21(19)26-22/h3-9,14-15,26H,2,10-13,16-17H2,1H3. The number of H-pyrrole nitrogens is 1. The number of likely N-dealkylation sites (N-methyl/N-ethyl adjacent to an activating group) is 1. The Labute approximate surface area is 181 Å². The first kappa shape index (κ1) is 21.1. The Morgan fingerprint density at radius 3 is 2.52 bits per heavy atom. The third-order valence-corrected chi connectivity index (χ3v) is 5.78. The normalized spacial score (nSPS) is 14.7. The van der Waals surface area contributed by atoms with Gasteiger partial charge in [0.1, 0.15) is 11.5 Å². The molecular weight excluding hydrogens is 395 g/mol. The van der Waals surface area contributed by atoms with Crippen LogP contribution in [0.3, 0.4) is 0 Å². The molecule has 1 aliphatic rings. The van der Waals surface area contributed by atoms with Crippen molar-refractivity contribution in [3.8, 4) is 0 Å². The zero-order chi connectivity index (χ0) is 21.8. The lowest BCUT2D eigenvalue weighted by Crippen LogP contribution is -2.51. The smallest absolute Gasteiger partial charge is 0.270 e. The van der Waals surface area contributed by atoms with Crippen LogP contribution in [0.5, 0.6) is 0 Å². The Hall–Kier alpha value is -3.19. The van der Waals surface area contributed by atoms with Crippen LogP contribution in [0.2, 0.25) is 0 Å². The van der Waals surface area contributed by atoms with Crippen molar-refractivity contribution in [2.75, 3.05) is 39.3 Å². The summed E-state index contributed by atoms with van der Waals surface area (Å²) in [4.78, 5) is 34.5. The summed E-state index contributed by atoms with van der Waals surface area (Å²) in [6, 6.07) is 16.1. The minimum Gasteiger partial charge on any atom is -0.351 e. The van der Waals surface area contributed by atoms with Crippen LogP contribution in [-0.4, -0.2) is 70.8 Å². The van der Waals surface area contributed by atoms with Gasteiger partial charge in [-0.25, -0.2) is 4.39 Å². The van der Waals surface area contributed by atoms with E-state index in [9.17, 15) is 14.0 Å². The van der Waals surface area contributed by atoms with Crippen LogP contribution < -0.4 is 0 Å². The Morgan fingerprint density at radius 1 is 1.03 bits per heavy atom. The number of piperazine rings is 1. The fourth-order valence-corrected chi connectivity index (χ4v) is 3.99. The number of fused-ring (bicyclic) bond motifs is 1. The fraction of sp³-hybridized carbons (Fsp3) is 0.333. The second-order valence-electron chi connectivity index (χ2n) is 7.88. The van der Waals surface area contributed by atoms with E-state index < -0.39 is 0 Å². The van der Waals surface area contributed by atoms with Crippen LogP contribution >= 0.6 is 0 Å². The van der Waals surface area contributed by atoms with Crippen LogP contribution in [0.25, 0.3) is 10.9 Å². The van der Waals surface area contributed by atoms with Gasteiger partial charge in [-0.15, -0.1) is 0 Å². The summed E-state index contributed by atoms with van der Waals surface area (Å²) in [5, 5.41) is 1.02. The maximum Gasteiger partial charge on any atom is 0.270 e. The van der Waals surface area contributed by atoms with E-state index in [2.05, 4.69) is 9.88 Å². The van der Waals surface area contributed by atoms with Crippen molar-refractivity contribution >= 4 is 22.7 Å². The average Bonchev–Trinajstić information content (AvgIpc) is 3.22. The van der Waals surface area contributed by atoms with E-state index in [0.29, 0.717) is 51.5 Å². The molecule has 1 saturated heterocycles. The van der Waals surface area contributed by atoms with Crippen LogP contribution in [0, 0.1) is 5.82 Å². The van der Waals surface area contributed by atoms with Gasteiger partial charge in [0.05, 0.1) is 6.54 Å². The zero-order valence-electron chi connectivity index (χ0n) is 17.7. The predicted molar refractivity (Wildman–Crippen MR) is 118 cm³/mol. The van der Waals surface area contributed by atoms with Crippen molar-refractivity contribution in [2.45, 2.75) is 13.5 Å². The summed E-state index contributed by atoms with van der Waals surface area (Å²) in [6.45, 7) is 5.64. The minimum absolute atomic E-state index is 0.0107. The molecule has 0 aliphatic carbocycles. The van der Waals surface area contributed by atoms with Gasteiger partial charge in [-0.2, -0.15) is 0 Å². The first-order valence-corrected chi connectivity index (χ1v) is 10.6. The molecule has 1 aliphatic heterocycles. The largest absolute Gasteiger partial charge is 0.351 e. The van der Waals surface area contributed by atoms with Crippen molar-refractivity contribution in [3.05, 3.63) is 71.7 Å². The molecule has 7 heteroatoms. The molecule has 162 valence electrons. The number of hydrogen-bond donors (Lipinski definition) is 1. The summed E-state index contributed by atoms with van der Waals surface area (Å²) in [5.74, 6) is -0.289. The summed E-state index contributed by atoms with van der Waals surface area (Å²) < 4.78 is 13.4. The van der Waals surface area contributed by atoms with Crippen LogP contribution in [0.15, 0.2) is 54.6 Å². The van der Waals surface area contributed by atoms with Crippen LogP contribution in [0.4, 0.5) is 4.39 Å². The van der Waals surface area contributed by atoms with Gasteiger partial charge >= 0.3 is 0 Å². The van der Waals surface area contributed by atoms with E-state index in [-0.39, 0.29) is 17.6 Å². The lowest BCUT2D eigenvalue weighted by molar-refractivity contribution is -0.133. The number of para-hydroxylation sites is 1. The van der Waals surface area contributed by atoms with E-state index in [0.717, 1.165) is 16.5 Å². The Kier molecular flexibility index (Phi) is 6.32. The number of carbonyl (C=O) groups is 2. The molecule has 4 rings (SSSR count). The number of nitrogens with one attached hydrogen (secondary N) is 1. The lowest BCUT2D eigenvalue weighted by atomic mass is 10.2. The molecular formula is C24H27FN4O2. The van der Waals surface area contributed by atoms with E-state index in [1.54, 1.807) is 11.0 Å². The highest BCUT2D eigenvalue weighted by atomic mass is 19.1. The lowest BCUT2D eigenvalue weighted by Gasteiger charge is -2.35. The molecule has 0 radical (unpaired) electrons. The molecule has 0 saturated carbocycles. The molecule has 0 bridgehead atoms. The van der Waals surface area contributed by atoms with Gasteiger partial charge in [-0.05, 0) is 36.8 Å². The molecule has 0 unspecified atom stereocenters. The molecule has 0 spiro atoms. The molecule has 6 nitrogen and oxygen atoms in total. The monoisotopic (exact) mass is 422 g/mol. The van der Waals surface area contributed by atoms with E-state index in [4.69, 9.17) is 0 Å². The Bertz CT molecular complexity index is 1040. The topological polar surface area (TPSA) is 59.7 Å². The number of nitrogens with zero attached hydrogens (tertiary/aromatic N) is 3. The maximum absolute atomic E-state index is 13.4. The van der Waals surface area contributed by atoms with Gasteiger partial charge < -0.3 is 14.8 Å². The molecule has 1 N–H and O–H groups in total. The average molecular weight is 423 g/mol. The number of aromatic nitrogens is 1. The molecule has 1 fully saturated rings. The molecule has 1 aromatic heterocycles. The highest BCUT2D eigenvalue weighted by molar-refractivity contribution is 5.98. The Balaban J connectivity index is 1.30. The number of hydrogen-bond acceptors (Lipinski definition) is 3. The highest BCUT2D eigenvalue weighted by Crippen LogP contribution is 2.17. The number of aromatic amines is 1. The van der Waals surface area contributed by atoms with Crippen molar-refractivity contribution in [3.63, 3.8) is 0 Å². The summed E-state index contributed by atoms with van der Waals surface area (Å²) in [5.41, 5.74) is 2.33. The first-order chi connectivity index (χ1) is 15.0. The highest BCUT2D eigenvalue weighted by Gasteiger charge is 2.25. The van der Waals surface area contributed by atoms with Gasteiger partial charge in [0.2, 0.25) is 5.91 Å². The number of benzene rings is 2. The van der Waals surface area contributed by atoms with Crippen molar-refractivity contribution in [1.82, 2.24) is 19.7 Å². The number of rotatable bonds is 6. The van der Waals surface area contributed by atoms with E-state index >= 15 is 0 Å². The van der Waals surface area contributed by atoms with Crippen molar-refractivity contribution in [2.24, 2.45) is 0 Å².